The first-order chi connectivity index (χ1) is 9.28. The van der Waals surface area contributed by atoms with Crippen LogP contribution in [-0.2, 0) is 0 Å². The van der Waals surface area contributed by atoms with Crippen molar-refractivity contribution in [2.45, 2.75) is 0 Å². The zero-order valence-electron chi connectivity index (χ0n) is 10.3. The highest BCUT2D eigenvalue weighted by molar-refractivity contribution is 5.75. The first-order valence-corrected chi connectivity index (χ1v) is 5.88. The van der Waals surface area contributed by atoms with Crippen LogP contribution in [0.4, 0.5) is 4.39 Å². The van der Waals surface area contributed by atoms with Crippen LogP contribution in [0, 0.1) is 5.82 Å². The van der Waals surface area contributed by atoms with Crippen molar-refractivity contribution in [3.63, 3.8) is 0 Å². The van der Waals surface area contributed by atoms with E-state index in [4.69, 9.17) is 4.74 Å². The Hall–Kier alpha value is -2.42. The molecule has 0 aliphatic carbocycles. The fourth-order valence-corrected chi connectivity index (χ4v) is 1.55. The second kappa shape index (κ2) is 6.50. The molecular formula is C16H13FO2. The maximum atomic E-state index is 12.7. The van der Waals surface area contributed by atoms with Gasteiger partial charge < -0.3 is 4.74 Å². The van der Waals surface area contributed by atoms with Gasteiger partial charge in [0.1, 0.15) is 24.5 Å². The molecule has 3 heteroatoms. The van der Waals surface area contributed by atoms with Gasteiger partial charge in [0.25, 0.3) is 0 Å². The molecule has 0 bridgehead atoms. The Morgan fingerprint density at radius 3 is 2.21 bits per heavy atom. The van der Waals surface area contributed by atoms with Crippen LogP contribution in [0.1, 0.15) is 15.9 Å². The van der Waals surface area contributed by atoms with E-state index in [2.05, 4.69) is 0 Å². The number of rotatable bonds is 5. The molecule has 0 aliphatic heterocycles. The summed E-state index contributed by atoms with van der Waals surface area (Å²) < 4.78 is 18.1. The first kappa shape index (κ1) is 13.0. The topological polar surface area (TPSA) is 26.3 Å². The van der Waals surface area contributed by atoms with Crippen LogP contribution in [0.25, 0.3) is 6.08 Å². The van der Waals surface area contributed by atoms with Gasteiger partial charge in [0, 0.05) is 5.56 Å². The van der Waals surface area contributed by atoms with Crippen molar-refractivity contribution in [1.82, 2.24) is 0 Å². The number of hydrogen-bond donors (Lipinski definition) is 0. The monoisotopic (exact) mass is 256 g/mol. The lowest BCUT2D eigenvalue weighted by atomic mass is 10.1. The summed E-state index contributed by atoms with van der Waals surface area (Å²) >= 11 is 0. The first-order valence-electron chi connectivity index (χ1n) is 5.88. The molecule has 2 rings (SSSR count). The standard InChI is InChI=1S/C16H13FO2/c17-15-7-9-16(10-8-15)19-11-1-2-13-3-5-14(12-18)6-4-13/h1-10,12H,11H2. The highest BCUT2D eigenvalue weighted by atomic mass is 19.1. The summed E-state index contributed by atoms with van der Waals surface area (Å²) in [6.45, 7) is 0.404. The van der Waals surface area contributed by atoms with E-state index in [1.54, 1.807) is 24.3 Å². The van der Waals surface area contributed by atoms with Crippen LogP contribution in [0.3, 0.4) is 0 Å². The minimum Gasteiger partial charge on any atom is -0.490 e. The summed E-state index contributed by atoms with van der Waals surface area (Å²) in [6.07, 6.45) is 4.57. The number of hydrogen-bond acceptors (Lipinski definition) is 2. The fraction of sp³-hybridized carbons (Fsp3) is 0.0625. The van der Waals surface area contributed by atoms with Crippen molar-refractivity contribution in [1.29, 1.82) is 0 Å². The van der Waals surface area contributed by atoms with Gasteiger partial charge in [-0.15, -0.1) is 0 Å². The van der Waals surface area contributed by atoms with Gasteiger partial charge in [-0.3, -0.25) is 4.79 Å². The SMILES string of the molecule is O=Cc1ccc(C=CCOc2ccc(F)cc2)cc1. The van der Waals surface area contributed by atoms with Gasteiger partial charge >= 0.3 is 0 Å². The lowest BCUT2D eigenvalue weighted by molar-refractivity contribution is 0.112. The molecule has 0 unspecified atom stereocenters. The lowest BCUT2D eigenvalue weighted by Gasteiger charge is -2.02. The van der Waals surface area contributed by atoms with Crippen LogP contribution < -0.4 is 4.74 Å². The minimum absolute atomic E-state index is 0.279. The lowest BCUT2D eigenvalue weighted by Crippen LogP contribution is -1.93. The molecule has 0 saturated heterocycles. The van der Waals surface area contributed by atoms with E-state index in [-0.39, 0.29) is 5.82 Å². The maximum absolute atomic E-state index is 12.7. The predicted molar refractivity (Wildman–Crippen MR) is 72.8 cm³/mol. The van der Waals surface area contributed by atoms with Gasteiger partial charge in [-0.25, -0.2) is 4.39 Å². The second-order valence-corrected chi connectivity index (χ2v) is 3.95. The summed E-state index contributed by atoms with van der Waals surface area (Å²) in [5.74, 6) is 0.348. The normalized spacial score (nSPS) is 10.6. The largest absolute Gasteiger partial charge is 0.490 e. The quantitative estimate of drug-likeness (QED) is 0.762. The maximum Gasteiger partial charge on any atom is 0.150 e. The third-order valence-electron chi connectivity index (χ3n) is 2.54. The Labute approximate surface area is 111 Å². The molecule has 2 aromatic carbocycles. The molecule has 0 saturated carbocycles. The minimum atomic E-state index is -0.279. The molecule has 19 heavy (non-hydrogen) atoms. The summed E-state index contributed by atoms with van der Waals surface area (Å²) in [7, 11) is 0. The van der Waals surface area contributed by atoms with Gasteiger partial charge in [0.2, 0.25) is 0 Å². The van der Waals surface area contributed by atoms with Crippen LogP contribution in [0.2, 0.25) is 0 Å². The van der Waals surface area contributed by atoms with Crippen LogP contribution in [0.5, 0.6) is 5.75 Å². The summed E-state index contributed by atoms with van der Waals surface area (Å²) in [6, 6.07) is 13.1. The third-order valence-corrected chi connectivity index (χ3v) is 2.54. The summed E-state index contributed by atoms with van der Waals surface area (Å²) in [5.41, 5.74) is 1.65. The predicted octanol–water partition coefficient (Wildman–Crippen LogP) is 3.73. The average molecular weight is 256 g/mol. The van der Waals surface area contributed by atoms with Gasteiger partial charge in [-0.2, -0.15) is 0 Å². The van der Waals surface area contributed by atoms with Gasteiger partial charge in [-0.1, -0.05) is 30.3 Å². The van der Waals surface area contributed by atoms with Crippen molar-refractivity contribution in [2.75, 3.05) is 6.61 Å². The molecule has 0 aromatic heterocycles. The smallest absolute Gasteiger partial charge is 0.150 e. The molecule has 0 atom stereocenters. The van der Waals surface area contributed by atoms with Gasteiger partial charge in [0.15, 0.2) is 0 Å². The molecule has 96 valence electrons. The zero-order chi connectivity index (χ0) is 13.5. The van der Waals surface area contributed by atoms with E-state index in [0.717, 1.165) is 11.8 Å². The molecule has 0 fully saturated rings. The van der Waals surface area contributed by atoms with Crippen molar-refractivity contribution in [3.8, 4) is 5.75 Å². The number of carbonyl (C=O) groups is 1. The highest BCUT2D eigenvalue weighted by Gasteiger charge is 1.93. The van der Waals surface area contributed by atoms with E-state index in [9.17, 15) is 9.18 Å². The van der Waals surface area contributed by atoms with E-state index in [1.807, 2.05) is 24.3 Å². The average Bonchev–Trinajstić information content (AvgIpc) is 2.46. The Balaban J connectivity index is 1.85. The van der Waals surface area contributed by atoms with E-state index < -0.39 is 0 Å². The summed E-state index contributed by atoms with van der Waals surface area (Å²) in [5, 5.41) is 0. The Kier molecular flexibility index (Phi) is 4.45. The number of ether oxygens (including phenoxy) is 1. The molecule has 2 nitrogen and oxygen atoms in total. The fourth-order valence-electron chi connectivity index (χ4n) is 1.55. The van der Waals surface area contributed by atoms with Gasteiger partial charge in [-0.05, 0) is 35.9 Å². The molecule has 2 aromatic rings. The molecule has 0 amide bonds. The Morgan fingerprint density at radius 1 is 0.947 bits per heavy atom. The number of aldehydes is 1. The number of benzene rings is 2. The molecule has 0 N–H and O–H groups in total. The van der Waals surface area contributed by atoms with Crippen molar-refractivity contribution in [2.24, 2.45) is 0 Å². The molecule has 0 spiro atoms. The van der Waals surface area contributed by atoms with E-state index in [1.165, 1.54) is 12.1 Å². The second-order valence-electron chi connectivity index (χ2n) is 3.95. The highest BCUT2D eigenvalue weighted by Crippen LogP contribution is 2.11. The number of carbonyl (C=O) groups excluding carboxylic acids is 1. The number of halogens is 1. The van der Waals surface area contributed by atoms with Crippen molar-refractivity contribution < 1.29 is 13.9 Å². The summed E-state index contributed by atoms with van der Waals surface area (Å²) in [4.78, 5) is 10.5. The van der Waals surface area contributed by atoms with Crippen molar-refractivity contribution >= 4 is 12.4 Å². The van der Waals surface area contributed by atoms with Crippen LogP contribution >= 0.6 is 0 Å². The third kappa shape index (κ3) is 4.07. The zero-order valence-corrected chi connectivity index (χ0v) is 10.3. The van der Waals surface area contributed by atoms with E-state index in [0.29, 0.717) is 17.9 Å². The Morgan fingerprint density at radius 2 is 1.58 bits per heavy atom. The molecule has 0 heterocycles. The molecule has 0 aliphatic rings. The molecule has 0 radical (unpaired) electrons. The Bertz CT molecular complexity index is 556. The molecular weight excluding hydrogens is 243 g/mol. The van der Waals surface area contributed by atoms with E-state index >= 15 is 0 Å². The van der Waals surface area contributed by atoms with Gasteiger partial charge in [0.05, 0.1) is 0 Å². The van der Waals surface area contributed by atoms with Crippen LogP contribution in [0.15, 0.2) is 54.6 Å². The van der Waals surface area contributed by atoms with Crippen LogP contribution in [-0.4, -0.2) is 12.9 Å². The van der Waals surface area contributed by atoms with Crippen molar-refractivity contribution in [3.05, 3.63) is 71.6 Å².